The highest BCUT2D eigenvalue weighted by Crippen LogP contribution is 2.31. The summed E-state index contributed by atoms with van der Waals surface area (Å²) in [6.07, 6.45) is 2.13. The van der Waals surface area contributed by atoms with Gasteiger partial charge in [0, 0.05) is 23.1 Å². The zero-order valence-corrected chi connectivity index (χ0v) is 13.0. The molecule has 98 valence electrons. The van der Waals surface area contributed by atoms with Gasteiger partial charge in [0.15, 0.2) is 0 Å². The molecular formula is C14H17BrClNO. The van der Waals surface area contributed by atoms with Crippen molar-refractivity contribution in [1.82, 2.24) is 4.90 Å². The fourth-order valence-electron chi connectivity index (χ4n) is 2.13. The average molecular weight is 331 g/mol. The number of carbonyl (C=O) groups excluding carboxylic acids is 1. The average Bonchev–Trinajstić information content (AvgIpc) is 2.32. The fraction of sp³-hybridized carbons (Fsp3) is 0.500. The molecule has 0 N–H and O–H groups in total. The molecule has 1 aromatic rings. The van der Waals surface area contributed by atoms with Gasteiger partial charge in [0.05, 0.1) is 5.02 Å². The molecular weight excluding hydrogens is 314 g/mol. The van der Waals surface area contributed by atoms with Gasteiger partial charge in [0.2, 0.25) is 0 Å². The van der Waals surface area contributed by atoms with E-state index < -0.39 is 0 Å². The van der Waals surface area contributed by atoms with Crippen LogP contribution in [0, 0.1) is 5.41 Å². The second-order valence-electron chi connectivity index (χ2n) is 5.59. The molecule has 1 amide bonds. The number of nitrogens with zero attached hydrogens (tertiary/aromatic N) is 1. The number of rotatable bonds is 1. The second kappa shape index (κ2) is 5.22. The van der Waals surface area contributed by atoms with E-state index in [-0.39, 0.29) is 5.91 Å². The molecule has 1 aliphatic heterocycles. The Bertz CT molecular complexity index is 463. The molecule has 2 nitrogen and oxygen atoms in total. The first-order chi connectivity index (χ1) is 8.39. The number of hydrogen-bond donors (Lipinski definition) is 0. The lowest BCUT2D eigenvalue weighted by Crippen LogP contribution is -2.41. The summed E-state index contributed by atoms with van der Waals surface area (Å²) in [5, 5.41) is 0.631. The number of amides is 1. The van der Waals surface area contributed by atoms with Gasteiger partial charge in [0.25, 0.3) is 5.91 Å². The Hall–Kier alpha value is -0.540. The van der Waals surface area contributed by atoms with E-state index >= 15 is 0 Å². The number of hydrogen-bond acceptors (Lipinski definition) is 1. The van der Waals surface area contributed by atoms with Crippen molar-refractivity contribution in [2.75, 3.05) is 13.1 Å². The summed E-state index contributed by atoms with van der Waals surface area (Å²) < 4.78 is 0.771. The first-order valence-corrected chi connectivity index (χ1v) is 7.30. The van der Waals surface area contributed by atoms with Gasteiger partial charge in [-0.2, -0.15) is 0 Å². The quantitative estimate of drug-likeness (QED) is 0.749. The molecule has 18 heavy (non-hydrogen) atoms. The van der Waals surface area contributed by atoms with Gasteiger partial charge >= 0.3 is 0 Å². The Balaban J connectivity index is 2.10. The van der Waals surface area contributed by atoms with Crippen LogP contribution in [0.15, 0.2) is 22.7 Å². The normalized spacial score (nSPS) is 18.8. The molecule has 0 bridgehead atoms. The first-order valence-electron chi connectivity index (χ1n) is 6.13. The third-order valence-corrected chi connectivity index (χ3v) is 4.78. The Morgan fingerprint density at radius 2 is 1.94 bits per heavy atom. The monoisotopic (exact) mass is 329 g/mol. The van der Waals surface area contributed by atoms with Crippen molar-refractivity contribution in [2.45, 2.75) is 26.7 Å². The van der Waals surface area contributed by atoms with Gasteiger partial charge in [-0.1, -0.05) is 25.4 Å². The van der Waals surface area contributed by atoms with Crippen molar-refractivity contribution in [3.8, 4) is 0 Å². The van der Waals surface area contributed by atoms with Crippen molar-refractivity contribution in [3.63, 3.8) is 0 Å². The summed E-state index contributed by atoms with van der Waals surface area (Å²) in [5.74, 6) is 0.0999. The maximum atomic E-state index is 12.3. The zero-order valence-electron chi connectivity index (χ0n) is 10.7. The predicted molar refractivity (Wildman–Crippen MR) is 78.1 cm³/mol. The highest BCUT2D eigenvalue weighted by atomic mass is 79.9. The van der Waals surface area contributed by atoms with Crippen LogP contribution >= 0.6 is 27.5 Å². The minimum Gasteiger partial charge on any atom is -0.339 e. The second-order valence-corrected chi connectivity index (χ2v) is 6.85. The highest BCUT2D eigenvalue weighted by Gasteiger charge is 2.28. The minimum atomic E-state index is 0.0999. The van der Waals surface area contributed by atoms with Gasteiger partial charge in [-0.15, -0.1) is 0 Å². The molecule has 2 rings (SSSR count). The van der Waals surface area contributed by atoms with Crippen molar-refractivity contribution < 1.29 is 4.79 Å². The van der Waals surface area contributed by atoms with Crippen LogP contribution in [0.2, 0.25) is 5.02 Å². The smallest absolute Gasteiger partial charge is 0.253 e. The Kier molecular flexibility index (Phi) is 4.02. The molecule has 0 aliphatic carbocycles. The van der Waals surface area contributed by atoms with Crippen LogP contribution in [-0.2, 0) is 0 Å². The van der Waals surface area contributed by atoms with Crippen molar-refractivity contribution in [3.05, 3.63) is 33.3 Å². The van der Waals surface area contributed by atoms with E-state index in [1.54, 1.807) is 18.2 Å². The summed E-state index contributed by atoms with van der Waals surface area (Å²) >= 11 is 9.29. The maximum absolute atomic E-state index is 12.3. The molecule has 0 atom stereocenters. The fourth-order valence-corrected chi connectivity index (χ4v) is 2.62. The summed E-state index contributed by atoms with van der Waals surface area (Å²) in [5.41, 5.74) is 1.06. The van der Waals surface area contributed by atoms with Gasteiger partial charge in [-0.05, 0) is 52.4 Å². The third-order valence-electron chi connectivity index (χ3n) is 3.57. The number of benzene rings is 1. The topological polar surface area (TPSA) is 20.3 Å². The molecule has 0 aromatic heterocycles. The van der Waals surface area contributed by atoms with E-state index in [4.69, 9.17) is 11.6 Å². The Morgan fingerprint density at radius 1 is 1.33 bits per heavy atom. The molecule has 1 aliphatic rings. The lowest BCUT2D eigenvalue weighted by molar-refractivity contribution is 0.0630. The molecule has 0 saturated carbocycles. The van der Waals surface area contributed by atoms with Crippen LogP contribution in [0.5, 0.6) is 0 Å². The van der Waals surface area contributed by atoms with E-state index in [2.05, 4.69) is 29.8 Å². The number of piperidine rings is 1. The maximum Gasteiger partial charge on any atom is 0.253 e. The van der Waals surface area contributed by atoms with Crippen molar-refractivity contribution >= 4 is 33.4 Å². The van der Waals surface area contributed by atoms with E-state index in [0.29, 0.717) is 16.0 Å². The first kappa shape index (κ1) is 13.9. The lowest BCUT2D eigenvalue weighted by Gasteiger charge is -2.37. The van der Waals surface area contributed by atoms with Crippen LogP contribution in [0.3, 0.4) is 0 Å². The van der Waals surface area contributed by atoms with Crippen LogP contribution in [0.25, 0.3) is 0 Å². The standard InChI is InChI=1S/C14H17BrClNO/c1-14(2)5-7-17(8-6-14)13(18)10-3-4-12(16)11(15)9-10/h3-4,9H,5-8H2,1-2H3. The van der Waals surface area contributed by atoms with Crippen LogP contribution in [0.1, 0.15) is 37.0 Å². The molecule has 1 heterocycles. The van der Waals surface area contributed by atoms with Crippen molar-refractivity contribution in [2.24, 2.45) is 5.41 Å². The van der Waals surface area contributed by atoms with Gasteiger partial charge < -0.3 is 4.90 Å². The van der Waals surface area contributed by atoms with Crippen LogP contribution < -0.4 is 0 Å². The molecule has 0 unspecified atom stereocenters. The van der Waals surface area contributed by atoms with Crippen LogP contribution in [-0.4, -0.2) is 23.9 Å². The number of carbonyl (C=O) groups is 1. The Morgan fingerprint density at radius 3 is 2.50 bits per heavy atom. The molecule has 1 aromatic carbocycles. The molecule has 1 saturated heterocycles. The molecule has 4 heteroatoms. The van der Waals surface area contributed by atoms with Crippen molar-refractivity contribution in [1.29, 1.82) is 0 Å². The summed E-state index contributed by atoms with van der Waals surface area (Å²) in [7, 11) is 0. The summed E-state index contributed by atoms with van der Waals surface area (Å²) in [4.78, 5) is 14.3. The number of likely N-dealkylation sites (tertiary alicyclic amines) is 1. The van der Waals surface area contributed by atoms with E-state index in [0.717, 1.165) is 30.4 Å². The van der Waals surface area contributed by atoms with E-state index in [1.807, 2.05) is 4.90 Å². The molecule has 0 spiro atoms. The van der Waals surface area contributed by atoms with E-state index in [9.17, 15) is 4.79 Å². The SMILES string of the molecule is CC1(C)CCN(C(=O)c2ccc(Cl)c(Br)c2)CC1. The van der Waals surface area contributed by atoms with E-state index in [1.165, 1.54) is 0 Å². The van der Waals surface area contributed by atoms with Crippen LogP contribution in [0.4, 0.5) is 0 Å². The number of halogens is 2. The Labute approximate surface area is 121 Å². The summed E-state index contributed by atoms with van der Waals surface area (Å²) in [6.45, 7) is 6.19. The predicted octanol–water partition coefficient (Wildman–Crippen LogP) is 4.36. The zero-order chi connectivity index (χ0) is 13.3. The molecule has 1 fully saturated rings. The molecule has 0 radical (unpaired) electrons. The minimum absolute atomic E-state index is 0.0999. The van der Waals surface area contributed by atoms with Gasteiger partial charge in [0.1, 0.15) is 0 Å². The van der Waals surface area contributed by atoms with Gasteiger partial charge in [-0.3, -0.25) is 4.79 Å². The van der Waals surface area contributed by atoms with Gasteiger partial charge in [-0.25, -0.2) is 0 Å². The lowest BCUT2D eigenvalue weighted by atomic mass is 9.82. The highest BCUT2D eigenvalue weighted by molar-refractivity contribution is 9.10. The largest absolute Gasteiger partial charge is 0.339 e. The summed E-state index contributed by atoms with van der Waals surface area (Å²) in [6, 6.07) is 5.34. The third kappa shape index (κ3) is 3.07.